The molecule has 5 rings (SSSR count). The van der Waals surface area contributed by atoms with Crippen molar-refractivity contribution >= 4 is 23.2 Å². The molecule has 0 radical (unpaired) electrons. The van der Waals surface area contributed by atoms with Crippen molar-refractivity contribution < 1.29 is 24.1 Å². The number of carbonyl (C=O) groups is 2. The number of nitrogens with zero attached hydrogens (tertiary/aromatic N) is 2. The van der Waals surface area contributed by atoms with Gasteiger partial charge in [-0.1, -0.05) is 12.1 Å². The smallest absolute Gasteiger partial charge is 0.314 e. The number of ketones is 1. The van der Waals surface area contributed by atoms with Crippen LogP contribution in [0.5, 0.6) is 5.75 Å². The zero-order valence-corrected chi connectivity index (χ0v) is 15.3. The number of methoxy groups -OCH3 is 1. The van der Waals surface area contributed by atoms with Crippen LogP contribution in [-0.2, 0) is 19.7 Å². The lowest BCUT2D eigenvalue weighted by atomic mass is 9.55. The average Bonchev–Trinajstić information content (AvgIpc) is 3.15. The number of phenols is 1. The van der Waals surface area contributed by atoms with Gasteiger partial charge in [0.1, 0.15) is 29.2 Å². The first-order valence-corrected chi connectivity index (χ1v) is 9.41. The summed E-state index contributed by atoms with van der Waals surface area (Å²) in [4.78, 5) is 29.9. The lowest BCUT2D eigenvalue weighted by Gasteiger charge is -2.58. The number of hydrogen-bond acceptors (Lipinski definition) is 6. The molecule has 1 N–H and O–H groups in total. The summed E-state index contributed by atoms with van der Waals surface area (Å²) in [6.07, 6.45) is 1.07. The number of Topliss-reactive ketones (excluding diaryl/α,β-unsaturated/α-hetero) is 1. The van der Waals surface area contributed by atoms with Gasteiger partial charge in [0.05, 0.1) is 37.2 Å². The molecular formula is C20H22N2O5. The molecule has 1 aliphatic carbocycles. The highest BCUT2D eigenvalue weighted by atomic mass is 16.6. The minimum absolute atomic E-state index is 0.0564. The molecule has 1 aromatic carbocycles. The van der Waals surface area contributed by atoms with Crippen molar-refractivity contribution in [3.63, 3.8) is 0 Å². The third kappa shape index (κ3) is 1.86. The van der Waals surface area contributed by atoms with Crippen molar-refractivity contribution in [1.82, 2.24) is 0 Å². The number of quaternary nitrogens is 1. The van der Waals surface area contributed by atoms with Crippen LogP contribution in [0.15, 0.2) is 23.2 Å². The summed E-state index contributed by atoms with van der Waals surface area (Å²) in [6, 6.07) is 4.97. The molecule has 0 amide bonds. The number of phenolic OH excluding ortho intramolecular Hbond substituents is 1. The van der Waals surface area contributed by atoms with Crippen LogP contribution in [-0.4, -0.2) is 53.5 Å². The average molecular weight is 370 g/mol. The summed E-state index contributed by atoms with van der Waals surface area (Å²) < 4.78 is 4.68. The third-order valence-electron chi connectivity index (χ3n) is 7.42. The van der Waals surface area contributed by atoms with E-state index in [4.69, 9.17) is 9.73 Å². The molecular weight excluding hydrogens is 348 g/mol. The zero-order chi connectivity index (χ0) is 19.1. The van der Waals surface area contributed by atoms with Crippen LogP contribution in [0.3, 0.4) is 0 Å². The number of aromatic hydroxyl groups is 1. The van der Waals surface area contributed by atoms with Gasteiger partial charge in [-0.15, -0.1) is 0 Å². The van der Waals surface area contributed by atoms with Crippen molar-refractivity contribution in [2.24, 2.45) is 22.7 Å². The van der Waals surface area contributed by atoms with Gasteiger partial charge in [0.2, 0.25) is 0 Å². The van der Waals surface area contributed by atoms with E-state index >= 15 is 0 Å². The molecule has 2 bridgehead atoms. The molecule has 1 aromatic rings. The Bertz CT molecular complexity index is 912. The molecule has 3 aliphatic heterocycles. The molecule has 1 saturated carbocycles. The highest BCUT2D eigenvalue weighted by Crippen LogP contribution is 2.63. The number of piperidine rings is 1. The first kappa shape index (κ1) is 16.9. The van der Waals surface area contributed by atoms with E-state index in [0.29, 0.717) is 30.8 Å². The SMILES string of the molecule is COC(=O)C1C2=Nc3c(O)cccc3[C@]23CC[N+]2([O-])C[C@H](C(C)=O)[C@H]1C[C@H]32. The molecule has 7 heteroatoms. The first-order valence-electron chi connectivity index (χ1n) is 9.41. The van der Waals surface area contributed by atoms with Crippen molar-refractivity contribution in [3.05, 3.63) is 29.0 Å². The van der Waals surface area contributed by atoms with Crippen LogP contribution >= 0.6 is 0 Å². The van der Waals surface area contributed by atoms with E-state index in [0.717, 1.165) is 5.56 Å². The predicted octanol–water partition coefficient (Wildman–Crippen LogP) is 1.83. The number of esters is 1. The number of ether oxygens (including phenoxy) is 1. The number of hydroxylamine groups is 3. The lowest BCUT2D eigenvalue weighted by Crippen LogP contribution is -2.68. The van der Waals surface area contributed by atoms with E-state index in [1.54, 1.807) is 12.1 Å². The van der Waals surface area contributed by atoms with Crippen molar-refractivity contribution in [1.29, 1.82) is 0 Å². The summed E-state index contributed by atoms with van der Waals surface area (Å²) in [5, 5.41) is 24.1. The Morgan fingerprint density at radius 3 is 2.89 bits per heavy atom. The van der Waals surface area contributed by atoms with Gasteiger partial charge < -0.3 is 19.7 Å². The molecule has 0 aromatic heterocycles. The fourth-order valence-electron chi connectivity index (χ4n) is 6.33. The zero-order valence-electron chi connectivity index (χ0n) is 15.3. The Labute approximate surface area is 156 Å². The number of hydrogen-bond donors (Lipinski definition) is 1. The second kappa shape index (κ2) is 5.17. The summed E-state index contributed by atoms with van der Waals surface area (Å²) in [7, 11) is 1.34. The number of rotatable bonds is 2. The molecule has 3 fully saturated rings. The maximum Gasteiger partial charge on any atom is 0.314 e. The fourth-order valence-corrected chi connectivity index (χ4v) is 6.33. The Morgan fingerprint density at radius 2 is 2.19 bits per heavy atom. The summed E-state index contributed by atoms with van der Waals surface area (Å²) >= 11 is 0. The Balaban J connectivity index is 1.78. The topological polar surface area (TPSA) is 99.0 Å². The predicted molar refractivity (Wildman–Crippen MR) is 96.4 cm³/mol. The molecule has 3 heterocycles. The molecule has 2 unspecified atom stereocenters. The van der Waals surface area contributed by atoms with E-state index in [1.165, 1.54) is 14.0 Å². The molecule has 1 spiro atoms. The lowest BCUT2D eigenvalue weighted by molar-refractivity contribution is -0.904. The van der Waals surface area contributed by atoms with Crippen LogP contribution in [0.1, 0.15) is 25.3 Å². The number of para-hydroxylation sites is 1. The Hall–Kier alpha value is -2.25. The third-order valence-corrected chi connectivity index (χ3v) is 7.42. The largest absolute Gasteiger partial charge is 0.633 e. The van der Waals surface area contributed by atoms with E-state index in [2.05, 4.69) is 0 Å². The highest BCUT2D eigenvalue weighted by molar-refractivity contribution is 6.14. The quantitative estimate of drug-likeness (QED) is 0.486. The van der Waals surface area contributed by atoms with Crippen LogP contribution in [0.25, 0.3) is 0 Å². The molecule has 6 atom stereocenters. The molecule has 7 nitrogen and oxygen atoms in total. The monoisotopic (exact) mass is 370 g/mol. The van der Waals surface area contributed by atoms with Gasteiger partial charge in [0.25, 0.3) is 0 Å². The van der Waals surface area contributed by atoms with Gasteiger partial charge in [0, 0.05) is 12.8 Å². The molecule has 27 heavy (non-hydrogen) atoms. The van der Waals surface area contributed by atoms with E-state index < -0.39 is 27.9 Å². The maximum absolute atomic E-state index is 13.7. The van der Waals surface area contributed by atoms with Crippen LogP contribution in [0, 0.1) is 23.0 Å². The molecule has 142 valence electrons. The summed E-state index contributed by atoms with van der Waals surface area (Å²) in [5.41, 5.74) is 1.27. The van der Waals surface area contributed by atoms with Gasteiger partial charge in [-0.2, -0.15) is 0 Å². The van der Waals surface area contributed by atoms with Gasteiger partial charge >= 0.3 is 5.97 Å². The van der Waals surface area contributed by atoms with Crippen molar-refractivity contribution in [2.45, 2.75) is 31.2 Å². The number of aliphatic imine (C=N–C) groups is 1. The normalized spacial score (nSPS) is 40.8. The standard InChI is InChI=1S/C20H22N2O5/c1-10(23)12-9-22(26)7-6-20-13-4-3-5-14(24)17(13)21-18(20)16(19(25)27-2)11(12)8-15(20)22/h3-5,11-12,15-16,24H,6-9H2,1-2H3/t11-,12-,15-,16?,20+,22?/m1/s1. The fraction of sp³-hybridized carbons (Fsp3) is 0.550. The highest BCUT2D eigenvalue weighted by Gasteiger charge is 2.71. The number of carbonyl (C=O) groups excluding carboxylic acids is 2. The van der Waals surface area contributed by atoms with Gasteiger partial charge in [0.15, 0.2) is 0 Å². The minimum Gasteiger partial charge on any atom is -0.633 e. The van der Waals surface area contributed by atoms with Gasteiger partial charge in [-0.3, -0.25) is 14.6 Å². The minimum atomic E-state index is -0.654. The van der Waals surface area contributed by atoms with Gasteiger partial charge in [-0.25, -0.2) is 0 Å². The number of benzene rings is 1. The van der Waals surface area contributed by atoms with Crippen molar-refractivity contribution in [3.8, 4) is 5.75 Å². The second-order valence-electron chi connectivity index (χ2n) is 8.38. The first-order chi connectivity index (χ1) is 12.8. The van der Waals surface area contributed by atoms with E-state index in [9.17, 15) is 19.9 Å². The van der Waals surface area contributed by atoms with Crippen LogP contribution in [0.2, 0.25) is 0 Å². The van der Waals surface area contributed by atoms with Crippen molar-refractivity contribution in [2.75, 3.05) is 20.2 Å². The molecule has 4 aliphatic rings. The molecule has 2 saturated heterocycles. The Morgan fingerprint density at radius 1 is 1.41 bits per heavy atom. The maximum atomic E-state index is 13.7. The van der Waals surface area contributed by atoms with Gasteiger partial charge in [-0.05, 0) is 24.5 Å². The van der Waals surface area contributed by atoms with E-state index in [1.807, 2.05) is 6.07 Å². The Kier molecular flexibility index (Phi) is 3.24. The second-order valence-corrected chi connectivity index (χ2v) is 8.38. The van der Waals surface area contributed by atoms with Crippen LogP contribution < -0.4 is 0 Å². The summed E-state index contributed by atoms with van der Waals surface area (Å²) in [5.74, 6) is -1.81. The van der Waals surface area contributed by atoms with Crippen LogP contribution in [0.4, 0.5) is 5.69 Å². The van der Waals surface area contributed by atoms with E-state index in [-0.39, 0.29) is 30.0 Å². The number of fused-ring (bicyclic) bond motifs is 2. The summed E-state index contributed by atoms with van der Waals surface area (Å²) in [6.45, 7) is 2.10.